The Labute approximate surface area is 107 Å². The smallest absolute Gasteiger partial charge is 0.312 e. The summed E-state index contributed by atoms with van der Waals surface area (Å²) in [5.74, 6) is -1.34. The number of aliphatic carboxylic acids is 1. The van der Waals surface area contributed by atoms with Gasteiger partial charge < -0.3 is 15.5 Å². The maximum atomic E-state index is 11.3. The van der Waals surface area contributed by atoms with E-state index in [1.807, 2.05) is 30.3 Å². The van der Waals surface area contributed by atoms with Gasteiger partial charge in [-0.1, -0.05) is 30.3 Å². The average molecular weight is 249 g/mol. The molecule has 0 saturated heterocycles. The zero-order valence-electron chi connectivity index (χ0n) is 10.3. The van der Waals surface area contributed by atoms with Gasteiger partial charge >= 0.3 is 5.97 Å². The van der Waals surface area contributed by atoms with Crippen LogP contribution in [0.2, 0.25) is 0 Å². The van der Waals surface area contributed by atoms with Gasteiger partial charge in [0, 0.05) is 25.1 Å². The highest BCUT2D eigenvalue weighted by molar-refractivity contribution is 5.76. The van der Waals surface area contributed by atoms with Crippen molar-refractivity contribution in [3.63, 3.8) is 0 Å². The Balaban J connectivity index is 1.90. The molecule has 0 aromatic heterocycles. The number of aliphatic hydroxyl groups is 1. The van der Waals surface area contributed by atoms with E-state index in [9.17, 15) is 15.0 Å². The molecule has 1 atom stereocenters. The molecule has 1 aromatic carbocycles. The van der Waals surface area contributed by atoms with Gasteiger partial charge in [0.15, 0.2) is 0 Å². The molecular formula is C14H19NO3. The van der Waals surface area contributed by atoms with Gasteiger partial charge in [-0.15, -0.1) is 0 Å². The van der Waals surface area contributed by atoms with E-state index in [2.05, 4.69) is 5.32 Å². The second-order valence-corrected chi connectivity index (χ2v) is 5.09. The highest BCUT2D eigenvalue weighted by Crippen LogP contribution is 2.44. The van der Waals surface area contributed by atoms with E-state index in [1.54, 1.807) is 0 Å². The van der Waals surface area contributed by atoms with Crippen molar-refractivity contribution in [1.29, 1.82) is 0 Å². The summed E-state index contributed by atoms with van der Waals surface area (Å²) in [6.07, 6.45) is 2.05. The van der Waals surface area contributed by atoms with Crippen molar-refractivity contribution in [2.45, 2.75) is 18.8 Å². The standard InChI is InChI=1S/C14H19NO3/c16-10-14(6-7-14)9-15-8-12(13(17)18)11-4-2-1-3-5-11/h1-5,12,15-16H,6-10H2,(H,17,18). The summed E-state index contributed by atoms with van der Waals surface area (Å²) in [7, 11) is 0. The lowest BCUT2D eigenvalue weighted by Gasteiger charge is -2.17. The second kappa shape index (κ2) is 5.50. The molecule has 0 spiro atoms. The highest BCUT2D eigenvalue weighted by Gasteiger charge is 2.41. The van der Waals surface area contributed by atoms with Crippen LogP contribution < -0.4 is 5.32 Å². The van der Waals surface area contributed by atoms with Crippen LogP contribution in [0.5, 0.6) is 0 Å². The summed E-state index contributed by atoms with van der Waals surface area (Å²) in [5.41, 5.74) is 0.825. The maximum Gasteiger partial charge on any atom is 0.312 e. The first kappa shape index (κ1) is 13.1. The largest absolute Gasteiger partial charge is 0.481 e. The number of aliphatic hydroxyl groups excluding tert-OH is 1. The van der Waals surface area contributed by atoms with Crippen molar-refractivity contribution in [2.75, 3.05) is 19.7 Å². The molecule has 1 unspecified atom stereocenters. The fourth-order valence-electron chi connectivity index (χ4n) is 2.08. The molecule has 1 aromatic rings. The Morgan fingerprint density at radius 3 is 2.50 bits per heavy atom. The molecule has 1 aliphatic rings. The molecule has 1 aliphatic carbocycles. The van der Waals surface area contributed by atoms with E-state index in [0.717, 1.165) is 18.4 Å². The fraction of sp³-hybridized carbons (Fsp3) is 0.500. The predicted molar refractivity (Wildman–Crippen MR) is 68.4 cm³/mol. The summed E-state index contributed by atoms with van der Waals surface area (Å²) in [5, 5.41) is 21.6. The Kier molecular flexibility index (Phi) is 3.99. The number of hydrogen-bond acceptors (Lipinski definition) is 3. The zero-order valence-corrected chi connectivity index (χ0v) is 10.3. The zero-order chi connectivity index (χ0) is 13.0. The van der Waals surface area contributed by atoms with Crippen molar-refractivity contribution < 1.29 is 15.0 Å². The lowest BCUT2D eigenvalue weighted by molar-refractivity contribution is -0.138. The molecule has 0 bridgehead atoms. The predicted octanol–water partition coefficient (Wildman–Crippen LogP) is 1.22. The number of benzene rings is 1. The van der Waals surface area contributed by atoms with Crippen LogP contribution in [0.25, 0.3) is 0 Å². The third-order valence-corrected chi connectivity index (χ3v) is 3.64. The van der Waals surface area contributed by atoms with E-state index in [0.29, 0.717) is 13.1 Å². The van der Waals surface area contributed by atoms with Crippen molar-refractivity contribution >= 4 is 5.97 Å². The van der Waals surface area contributed by atoms with E-state index in [4.69, 9.17) is 0 Å². The molecule has 4 heteroatoms. The number of carboxylic acids is 1. The van der Waals surface area contributed by atoms with Crippen LogP contribution in [-0.4, -0.2) is 35.9 Å². The lowest BCUT2D eigenvalue weighted by atomic mass is 9.99. The summed E-state index contributed by atoms with van der Waals surface area (Å²) >= 11 is 0. The Hall–Kier alpha value is -1.39. The highest BCUT2D eigenvalue weighted by atomic mass is 16.4. The van der Waals surface area contributed by atoms with Crippen molar-refractivity contribution in [1.82, 2.24) is 5.32 Å². The van der Waals surface area contributed by atoms with Crippen LogP contribution in [-0.2, 0) is 4.79 Å². The minimum atomic E-state index is -0.817. The average Bonchev–Trinajstić information content (AvgIpc) is 3.16. The molecule has 1 saturated carbocycles. The van der Waals surface area contributed by atoms with E-state index >= 15 is 0 Å². The van der Waals surface area contributed by atoms with E-state index in [-0.39, 0.29) is 12.0 Å². The van der Waals surface area contributed by atoms with Crippen LogP contribution in [0.15, 0.2) is 30.3 Å². The van der Waals surface area contributed by atoms with Gasteiger partial charge in [-0.2, -0.15) is 0 Å². The van der Waals surface area contributed by atoms with Gasteiger partial charge in [-0.05, 0) is 18.4 Å². The van der Waals surface area contributed by atoms with Crippen molar-refractivity contribution in [2.24, 2.45) is 5.41 Å². The number of rotatable bonds is 7. The first-order chi connectivity index (χ1) is 8.67. The number of hydrogen-bond donors (Lipinski definition) is 3. The van der Waals surface area contributed by atoms with Gasteiger partial charge in [0.25, 0.3) is 0 Å². The van der Waals surface area contributed by atoms with Crippen LogP contribution >= 0.6 is 0 Å². The van der Waals surface area contributed by atoms with Gasteiger partial charge in [0.1, 0.15) is 0 Å². The monoisotopic (exact) mass is 249 g/mol. The molecule has 0 radical (unpaired) electrons. The third-order valence-electron chi connectivity index (χ3n) is 3.64. The number of carboxylic acid groups (broad SMARTS) is 1. The summed E-state index contributed by atoms with van der Waals surface area (Å²) < 4.78 is 0. The molecule has 3 N–H and O–H groups in total. The molecule has 98 valence electrons. The Morgan fingerprint density at radius 2 is 2.00 bits per heavy atom. The SMILES string of the molecule is O=C(O)C(CNCC1(CO)CC1)c1ccccc1. The van der Waals surface area contributed by atoms with Crippen LogP contribution in [0.4, 0.5) is 0 Å². The maximum absolute atomic E-state index is 11.3. The molecule has 4 nitrogen and oxygen atoms in total. The van der Waals surface area contributed by atoms with Crippen molar-refractivity contribution in [3.8, 4) is 0 Å². The molecule has 2 rings (SSSR count). The third kappa shape index (κ3) is 3.09. The summed E-state index contributed by atoms with van der Waals surface area (Å²) in [6.45, 7) is 1.28. The van der Waals surface area contributed by atoms with Gasteiger partial charge in [-0.3, -0.25) is 4.79 Å². The summed E-state index contributed by atoms with van der Waals surface area (Å²) in [6, 6.07) is 9.24. The molecular weight excluding hydrogens is 230 g/mol. The molecule has 0 amide bonds. The van der Waals surface area contributed by atoms with E-state index < -0.39 is 11.9 Å². The summed E-state index contributed by atoms with van der Waals surface area (Å²) in [4.78, 5) is 11.3. The second-order valence-electron chi connectivity index (χ2n) is 5.09. The fourth-order valence-corrected chi connectivity index (χ4v) is 2.08. The first-order valence-electron chi connectivity index (χ1n) is 6.26. The molecule has 0 aliphatic heterocycles. The lowest BCUT2D eigenvalue weighted by Crippen LogP contribution is -2.32. The minimum Gasteiger partial charge on any atom is -0.481 e. The van der Waals surface area contributed by atoms with Crippen LogP contribution in [0, 0.1) is 5.41 Å². The van der Waals surface area contributed by atoms with Crippen LogP contribution in [0.1, 0.15) is 24.3 Å². The molecule has 0 heterocycles. The van der Waals surface area contributed by atoms with Gasteiger partial charge in [-0.25, -0.2) is 0 Å². The molecule has 18 heavy (non-hydrogen) atoms. The number of carbonyl (C=O) groups is 1. The quantitative estimate of drug-likeness (QED) is 0.679. The van der Waals surface area contributed by atoms with E-state index in [1.165, 1.54) is 0 Å². The number of nitrogens with one attached hydrogen (secondary N) is 1. The first-order valence-corrected chi connectivity index (χ1v) is 6.26. The van der Waals surface area contributed by atoms with Crippen molar-refractivity contribution in [3.05, 3.63) is 35.9 Å². The Morgan fingerprint density at radius 1 is 1.33 bits per heavy atom. The topological polar surface area (TPSA) is 69.6 Å². The Bertz CT molecular complexity index is 401. The van der Waals surface area contributed by atoms with Crippen LogP contribution in [0.3, 0.4) is 0 Å². The molecule has 1 fully saturated rings. The van der Waals surface area contributed by atoms with Gasteiger partial charge in [0.05, 0.1) is 5.92 Å². The normalized spacial score (nSPS) is 18.3. The van der Waals surface area contributed by atoms with Gasteiger partial charge in [0.2, 0.25) is 0 Å². The minimum absolute atomic E-state index is 0.0136.